The average molecular weight is 436 g/mol. The maximum atomic E-state index is 12.6. The first-order chi connectivity index (χ1) is 14.8. The second-order valence-corrected chi connectivity index (χ2v) is 6.96. The molecule has 1 amide bonds. The van der Waals surface area contributed by atoms with Crippen molar-refractivity contribution in [1.82, 2.24) is 24.5 Å². The van der Waals surface area contributed by atoms with Crippen LogP contribution in [0.25, 0.3) is 5.65 Å². The van der Waals surface area contributed by atoms with Gasteiger partial charge in [0, 0.05) is 32.0 Å². The number of fused-ring (bicyclic) bond motifs is 1. The van der Waals surface area contributed by atoms with Gasteiger partial charge in [0.15, 0.2) is 5.82 Å². The van der Waals surface area contributed by atoms with Gasteiger partial charge in [0.1, 0.15) is 6.54 Å². The van der Waals surface area contributed by atoms with E-state index in [1.54, 1.807) is 0 Å². The molecule has 164 valence electrons. The molecule has 0 radical (unpaired) electrons. The summed E-state index contributed by atoms with van der Waals surface area (Å²) >= 11 is 0. The normalized spacial score (nSPS) is 14.7. The zero-order chi connectivity index (χ0) is 22.0. The van der Waals surface area contributed by atoms with E-state index >= 15 is 0 Å². The van der Waals surface area contributed by atoms with Crippen molar-refractivity contribution in [3.63, 3.8) is 0 Å². The summed E-state index contributed by atoms with van der Waals surface area (Å²) in [4.78, 5) is 31.2. The van der Waals surface area contributed by atoms with Crippen molar-refractivity contribution in [1.29, 1.82) is 0 Å². The van der Waals surface area contributed by atoms with Gasteiger partial charge in [-0.3, -0.25) is 4.79 Å². The van der Waals surface area contributed by atoms with Crippen LogP contribution in [0.2, 0.25) is 0 Å². The van der Waals surface area contributed by atoms with Crippen LogP contribution in [-0.4, -0.2) is 51.4 Å². The number of morpholine rings is 1. The molecule has 0 atom stereocenters. The molecule has 2 aromatic heterocycles. The highest BCUT2D eigenvalue weighted by Crippen LogP contribution is 2.29. The highest BCUT2D eigenvalue weighted by atomic mass is 19.4. The number of anilines is 1. The average Bonchev–Trinajstić information content (AvgIpc) is 3.08. The third-order valence-corrected chi connectivity index (χ3v) is 4.86. The van der Waals surface area contributed by atoms with Crippen LogP contribution in [0.1, 0.15) is 11.1 Å². The summed E-state index contributed by atoms with van der Waals surface area (Å²) in [6, 6.07) is 4.49. The summed E-state index contributed by atoms with van der Waals surface area (Å²) in [5.41, 5.74) is -0.410. The Labute approximate surface area is 174 Å². The minimum Gasteiger partial charge on any atom is -0.378 e. The van der Waals surface area contributed by atoms with Crippen LogP contribution in [0.15, 0.2) is 41.5 Å². The van der Waals surface area contributed by atoms with Gasteiger partial charge in [-0.15, -0.1) is 5.10 Å². The molecule has 1 aliphatic rings. The standard InChI is InChI=1S/C19H19F3N6O3/c20-19(21,22)14-3-1-13(2-4-14)11-24-15(29)12-28-18(30)27-6-5-23-16(17(27)25-28)26-7-9-31-10-8-26/h1-6H,7-12H2,(H,24,29). The topological polar surface area (TPSA) is 93.8 Å². The lowest BCUT2D eigenvalue weighted by molar-refractivity contribution is -0.137. The Hall–Kier alpha value is -3.41. The minimum absolute atomic E-state index is 0.0275. The number of ether oxygens (including phenoxy) is 1. The Bertz CT molecular complexity index is 1130. The van der Waals surface area contributed by atoms with Crippen molar-refractivity contribution in [2.24, 2.45) is 0 Å². The number of hydrogen-bond donors (Lipinski definition) is 1. The molecular weight excluding hydrogens is 417 g/mol. The number of benzene rings is 1. The Morgan fingerprint density at radius 3 is 2.55 bits per heavy atom. The summed E-state index contributed by atoms with van der Waals surface area (Å²) in [5, 5.41) is 6.84. The van der Waals surface area contributed by atoms with Crippen LogP contribution in [0.4, 0.5) is 19.0 Å². The largest absolute Gasteiger partial charge is 0.416 e. The van der Waals surface area contributed by atoms with E-state index in [9.17, 15) is 22.8 Å². The number of nitrogens with one attached hydrogen (secondary N) is 1. The van der Waals surface area contributed by atoms with Crippen LogP contribution in [0.3, 0.4) is 0 Å². The van der Waals surface area contributed by atoms with Crippen molar-refractivity contribution in [2.75, 3.05) is 31.2 Å². The van der Waals surface area contributed by atoms with Gasteiger partial charge < -0.3 is 15.0 Å². The predicted molar refractivity (Wildman–Crippen MR) is 104 cm³/mol. The van der Waals surface area contributed by atoms with E-state index in [0.717, 1.165) is 16.8 Å². The summed E-state index contributed by atoms with van der Waals surface area (Å²) in [7, 11) is 0. The fourth-order valence-corrected chi connectivity index (χ4v) is 3.24. The molecule has 0 aliphatic carbocycles. The molecule has 1 fully saturated rings. The highest BCUT2D eigenvalue weighted by Gasteiger charge is 2.29. The summed E-state index contributed by atoms with van der Waals surface area (Å²) in [6.45, 7) is 2.01. The first-order valence-corrected chi connectivity index (χ1v) is 9.52. The highest BCUT2D eigenvalue weighted by molar-refractivity contribution is 5.75. The molecular formula is C19H19F3N6O3. The van der Waals surface area contributed by atoms with Crippen molar-refractivity contribution in [2.45, 2.75) is 19.3 Å². The second-order valence-electron chi connectivity index (χ2n) is 6.96. The maximum absolute atomic E-state index is 12.6. The molecule has 4 rings (SSSR count). The number of carbonyl (C=O) groups excluding carboxylic acids is 1. The number of aromatic nitrogens is 4. The quantitative estimate of drug-likeness (QED) is 0.643. The number of amides is 1. The fourth-order valence-electron chi connectivity index (χ4n) is 3.24. The van der Waals surface area contributed by atoms with E-state index in [2.05, 4.69) is 15.4 Å². The molecule has 0 bridgehead atoms. The van der Waals surface area contributed by atoms with Gasteiger partial charge in [-0.25, -0.2) is 18.9 Å². The van der Waals surface area contributed by atoms with Gasteiger partial charge in [0.2, 0.25) is 11.6 Å². The molecule has 1 saturated heterocycles. The van der Waals surface area contributed by atoms with Crippen LogP contribution in [0, 0.1) is 0 Å². The molecule has 1 aliphatic heterocycles. The van der Waals surface area contributed by atoms with Gasteiger partial charge >= 0.3 is 11.9 Å². The number of hydrogen-bond acceptors (Lipinski definition) is 6. The molecule has 0 spiro atoms. The zero-order valence-electron chi connectivity index (χ0n) is 16.3. The van der Waals surface area contributed by atoms with Crippen LogP contribution in [-0.2, 0) is 28.8 Å². The molecule has 0 saturated carbocycles. The van der Waals surface area contributed by atoms with E-state index in [-0.39, 0.29) is 13.1 Å². The van der Waals surface area contributed by atoms with Gasteiger partial charge in [-0.2, -0.15) is 13.2 Å². The van der Waals surface area contributed by atoms with Gasteiger partial charge in [0.25, 0.3) is 0 Å². The van der Waals surface area contributed by atoms with Crippen molar-refractivity contribution in [3.05, 3.63) is 58.3 Å². The van der Waals surface area contributed by atoms with E-state index in [0.29, 0.717) is 43.3 Å². The number of halogens is 3. The molecule has 12 heteroatoms. The Morgan fingerprint density at radius 2 is 1.87 bits per heavy atom. The first kappa shape index (κ1) is 20.8. The number of carbonyl (C=O) groups is 1. The monoisotopic (exact) mass is 436 g/mol. The number of rotatable bonds is 5. The molecule has 1 aromatic carbocycles. The smallest absolute Gasteiger partial charge is 0.378 e. The molecule has 31 heavy (non-hydrogen) atoms. The lowest BCUT2D eigenvalue weighted by Crippen LogP contribution is -2.37. The van der Waals surface area contributed by atoms with Crippen LogP contribution in [0.5, 0.6) is 0 Å². The predicted octanol–water partition coefficient (Wildman–Crippen LogP) is 1.06. The summed E-state index contributed by atoms with van der Waals surface area (Å²) in [6.07, 6.45) is -1.44. The lowest BCUT2D eigenvalue weighted by atomic mass is 10.1. The Balaban J connectivity index is 1.45. The van der Waals surface area contributed by atoms with Crippen LogP contribution >= 0.6 is 0 Å². The van der Waals surface area contributed by atoms with Crippen molar-refractivity contribution < 1.29 is 22.7 Å². The van der Waals surface area contributed by atoms with Crippen LogP contribution < -0.4 is 15.9 Å². The molecule has 9 nitrogen and oxygen atoms in total. The number of alkyl halides is 3. The van der Waals surface area contributed by atoms with E-state index in [1.165, 1.54) is 28.9 Å². The third kappa shape index (κ3) is 4.53. The van der Waals surface area contributed by atoms with E-state index in [4.69, 9.17) is 4.74 Å². The van der Waals surface area contributed by atoms with Gasteiger partial charge in [0.05, 0.1) is 18.8 Å². The second kappa shape index (κ2) is 8.38. The third-order valence-electron chi connectivity index (χ3n) is 4.86. The Kier molecular flexibility index (Phi) is 5.63. The lowest BCUT2D eigenvalue weighted by Gasteiger charge is -2.27. The van der Waals surface area contributed by atoms with Gasteiger partial charge in [-0.05, 0) is 17.7 Å². The summed E-state index contributed by atoms with van der Waals surface area (Å²) in [5.74, 6) is 0.0399. The summed E-state index contributed by atoms with van der Waals surface area (Å²) < 4.78 is 45.6. The molecule has 3 aromatic rings. The Morgan fingerprint density at radius 1 is 1.16 bits per heavy atom. The number of nitrogens with zero attached hydrogens (tertiary/aromatic N) is 5. The van der Waals surface area contributed by atoms with Crippen molar-refractivity contribution >= 4 is 17.4 Å². The minimum atomic E-state index is -4.42. The maximum Gasteiger partial charge on any atom is 0.416 e. The zero-order valence-corrected chi connectivity index (χ0v) is 16.3. The van der Waals surface area contributed by atoms with E-state index < -0.39 is 23.3 Å². The van der Waals surface area contributed by atoms with Gasteiger partial charge in [-0.1, -0.05) is 12.1 Å². The molecule has 3 heterocycles. The SMILES string of the molecule is O=C(Cn1nc2c(N3CCOCC3)nccn2c1=O)NCc1ccc(C(F)(F)F)cc1. The fraction of sp³-hybridized carbons (Fsp3) is 0.368. The molecule has 1 N–H and O–H groups in total. The molecule has 0 unspecified atom stereocenters. The van der Waals surface area contributed by atoms with E-state index in [1.807, 2.05) is 4.90 Å². The first-order valence-electron chi connectivity index (χ1n) is 9.52. The van der Waals surface area contributed by atoms with Crippen molar-refractivity contribution in [3.8, 4) is 0 Å².